The Labute approximate surface area is 442 Å². The van der Waals surface area contributed by atoms with Gasteiger partial charge in [-0.25, -0.2) is 0 Å². The molecule has 0 N–H and O–H groups in total. The summed E-state index contributed by atoms with van der Waals surface area (Å²) < 4.78 is 14.7. The lowest BCUT2D eigenvalue weighted by molar-refractivity contribution is 0.436. The summed E-state index contributed by atoms with van der Waals surface area (Å²) in [6.45, 7) is 0. The molecule has 0 unspecified atom stereocenters. The summed E-state index contributed by atoms with van der Waals surface area (Å²) in [6, 6.07) is 106. The number of para-hydroxylation sites is 4. The molecule has 0 spiro atoms. The molecular weight excluding hydrogens is 921 g/mol. The average Bonchev–Trinajstić information content (AvgIpc) is 3.67. The van der Waals surface area contributed by atoms with Crippen LogP contribution in [-0.2, 0) is 10.8 Å². The maximum atomic E-state index is 7.33. The Kier molecular flexibility index (Phi) is 10.0. The molecule has 2 heteroatoms. The minimum absolute atomic E-state index is 0.666. The van der Waals surface area contributed by atoms with Gasteiger partial charge in [-0.2, -0.15) is 0 Å². The summed E-state index contributed by atoms with van der Waals surface area (Å²) in [4.78, 5) is 0. The van der Waals surface area contributed by atoms with E-state index in [9.17, 15) is 0 Å². The van der Waals surface area contributed by atoms with Crippen LogP contribution >= 0.6 is 0 Å². The molecule has 356 valence electrons. The first-order valence-corrected chi connectivity index (χ1v) is 26.2. The Morgan fingerprint density at radius 3 is 1.03 bits per heavy atom. The number of fused-ring (bicyclic) bond motifs is 7. The minimum atomic E-state index is -0.666. The molecule has 0 amide bonds. The molecule has 2 nitrogen and oxygen atoms in total. The van der Waals surface area contributed by atoms with Crippen LogP contribution in [0.2, 0.25) is 0 Å². The predicted molar refractivity (Wildman–Crippen MR) is 312 cm³/mol. The lowest BCUT2D eigenvalue weighted by atomic mass is 9.63. The van der Waals surface area contributed by atoms with Crippen molar-refractivity contribution in [2.24, 2.45) is 0 Å². The van der Waals surface area contributed by atoms with Gasteiger partial charge in [-0.05, 0) is 95.0 Å². The molecule has 0 radical (unpaired) electrons. The molecule has 2 aliphatic rings. The Morgan fingerprint density at radius 2 is 0.553 bits per heavy atom. The topological polar surface area (TPSA) is 18.5 Å². The third-order valence-electron chi connectivity index (χ3n) is 16.4. The Bertz CT molecular complexity index is 4060. The largest absolute Gasteiger partial charge is 0.456 e. The molecule has 0 atom stereocenters. The van der Waals surface area contributed by atoms with Gasteiger partial charge >= 0.3 is 0 Å². The zero-order valence-electron chi connectivity index (χ0n) is 41.5. The molecule has 0 aliphatic carbocycles. The first-order valence-electron chi connectivity index (χ1n) is 26.2. The van der Waals surface area contributed by atoms with Crippen molar-refractivity contribution < 1.29 is 9.47 Å². The average molecular weight is 969 g/mol. The van der Waals surface area contributed by atoms with Crippen molar-refractivity contribution in [2.75, 3.05) is 0 Å². The molecule has 15 rings (SSSR count). The Hall–Kier alpha value is -9.76. The molecule has 76 heavy (non-hydrogen) atoms. The highest BCUT2D eigenvalue weighted by Gasteiger charge is 2.47. The molecule has 13 aromatic carbocycles. The molecule has 2 aliphatic heterocycles. The van der Waals surface area contributed by atoms with Crippen molar-refractivity contribution in [3.8, 4) is 56.4 Å². The van der Waals surface area contributed by atoms with Gasteiger partial charge in [0, 0.05) is 33.4 Å². The molecule has 0 bridgehead atoms. The van der Waals surface area contributed by atoms with Crippen molar-refractivity contribution in [1.29, 1.82) is 0 Å². The number of hydrogen-bond donors (Lipinski definition) is 0. The van der Waals surface area contributed by atoms with Gasteiger partial charge in [-0.1, -0.05) is 273 Å². The van der Waals surface area contributed by atoms with Crippen LogP contribution in [0.5, 0.6) is 23.0 Å². The smallest absolute Gasteiger partial charge is 0.140 e. The second-order valence-corrected chi connectivity index (χ2v) is 20.1. The van der Waals surface area contributed by atoms with Gasteiger partial charge in [-0.3, -0.25) is 0 Å². The zero-order chi connectivity index (χ0) is 50.2. The van der Waals surface area contributed by atoms with Gasteiger partial charge in [0.05, 0.1) is 10.8 Å². The third-order valence-corrected chi connectivity index (χ3v) is 16.4. The lowest BCUT2D eigenvalue weighted by Gasteiger charge is -2.42. The highest BCUT2D eigenvalue weighted by atomic mass is 16.5. The maximum Gasteiger partial charge on any atom is 0.140 e. The fourth-order valence-corrected chi connectivity index (χ4v) is 13.2. The normalized spacial score (nSPS) is 13.7. The van der Waals surface area contributed by atoms with E-state index in [-0.39, 0.29) is 0 Å². The van der Waals surface area contributed by atoms with E-state index >= 15 is 0 Å². The van der Waals surface area contributed by atoms with E-state index in [2.05, 4.69) is 291 Å². The number of rotatable bonds is 7. The van der Waals surface area contributed by atoms with Gasteiger partial charge in [0.2, 0.25) is 0 Å². The van der Waals surface area contributed by atoms with Gasteiger partial charge < -0.3 is 9.47 Å². The van der Waals surface area contributed by atoms with Crippen LogP contribution < -0.4 is 9.47 Å². The summed E-state index contributed by atoms with van der Waals surface area (Å²) in [5, 5.41) is 6.99. The molecule has 0 saturated carbocycles. The van der Waals surface area contributed by atoms with Crippen molar-refractivity contribution in [3.05, 3.63) is 336 Å². The first-order chi connectivity index (χ1) is 37.7. The van der Waals surface area contributed by atoms with Crippen molar-refractivity contribution in [2.45, 2.75) is 10.8 Å². The van der Waals surface area contributed by atoms with Crippen molar-refractivity contribution in [3.63, 3.8) is 0 Å². The number of hydrogen-bond acceptors (Lipinski definition) is 2. The van der Waals surface area contributed by atoms with Gasteiger partial charge in [0.1, 0.15) is 23.0 Å². The molecule has 0 fully saturated rings. The number of benzene rings is 13. The van der Waals surface area contributed by atoms with Crippen LogP contribution in [0.1, 0.15) is 44.5 Å². The standard InChI is InChI=1S/C74H48O2/c1-5-26-50(27-6-1)73(51-28-7-2-8-29-51)64-42-15-17-46-68(64)75-71-60(40-22-44-66(71)73)55-35-20-38-58-62(55)48-63-56(36-21-39-59(63)70(58)57-37-19-25-49-24-13-14-34-54(49)57)61-41-23-45-67-72(61)76-69-47-18-16-43-65(69)74(67,52-30-9-3-10-31-52)53-32-11-4-12-33-53/h1-48H. The number of ether oxygens (including phenoxy) is 2. The van der Waals surface area contributed by atoms with Crippen LogP contribution in [0.3, 0.4) is 0 Å². The second-order valence-electron chi connectivity index (χ2n) is 20.1. The van der Waals surface area contributed by atoms with Crippen molar-refractivity contribution >= 4 is 32.3 Å². The highest BCUT2D eigenvalue weighted by molar-refractivity contribution is 6.22. The fraction of sp³-hybridized carbons (Fsp3) is 0.0270. The van der Waals surface area contributed by atoms with E-state index in [0.717, 1.165) is 89.1 Å². The minimum Gasteiger partial charge on any atom is -0.456 e. The van der Waals surface area contributed by atoms with E-state index in [1.165, 1.54) is 44.2 Å². The quantitative estimate of drug-likeness (QED) is 0.148. The van der Waals surface area contributed by atoms with E-state index < -0.39 is 10.8 Å². The summed E-state index contributed by atoms with van der Waals surface area (Å²) in [5.41, 5.74) is 14.4. The van der Waals surface area contributed by atoms with Crippen LogP contribution in [0.4, 0.5) is 0 Å². The summed E-state index contributed by atoms with van der Waals surface area (Å²) >= 11 is 0. The van der Waals surface area contributed by atoms with E-state index in [0.29, 0.717) is 0 Å². The molecule has 0 aromatic heterocycles. The fourth-order valence-electron chi connectivity index (χ4n) is 13.2. The highest BCUT2D eigenvalue weighted by Crippen LogP contribution is 2.60. The van der Waals surface area contributed by atoms with Gasteiger partial charge in [-0.15, -0.1) is 0 Å². The zero-order valence-corrected chi connectivity index (χ0v) is 41.5. The van der Waals surface area contributed by atoms with Gasteiger partial charge in [0.25, 0.3) is 0 Å². The predicted octanol–water partition coefficient (Wildman–Crippen LogP) is 19.1. The molecule has 2 heterocycles. The van der Waals surface area contributed by atoms with Crippen LogP contribution in [-0.4, -0.2) is 0 Å². The molecule has 0 saturated heterocycles. The monoisotopic (exact) mass is 968 g/mol. The molecule has 13 aromatic rings. The van der Waals surface area contributed by atoms with Crippen LogP contribution in [0.25, 0.3) is 65.7 Å². The third kappa shape index (κ3) is 6.34. The van der Waals surface area contributed by atoms with E-state index in [1.54, 1.807) is 0 Å². The van der Waals surface area contributed by atoms with Crippen molar-refractivity contribution in [1.82, 2.24) is 0 Å². The van der Waals surface area contributed by atoms with E-state index in [4.69, 9.17) is 9.47 Å². The lowest BCUT2D eigenvalue weighted by Crippen LogP contribution is -2.34. The van der Waals surface area contributed by atoms with Crippen LogP contribution in [0.15, 0.2) is 291 Å². The van der Waals surface area contributed by atoms with Crippen LogP contribution in [0, 0.1) is 0 Å². The summed E-state index contributed by atoms with van der Waals surface area (Å²) in [5.74, 6) is 3.39. The first kappa shape index (κ1) is 43.8. The Balaban J connectivity index is 1.05. The summed E-state index contributed by atoms with van der Waals surface area (Å²) in [7, 11) is 0. The van der Waals surface area contributed by atoms with Gasteiger partial charge in [0.15, 0.2) is 0 Å². The van der Waals surface area contributed by atoms with E-state index in [1.807, 2.05) is 0 Å². The summed E-state index contributed by atoms with van der Waals surface area (Å²) in [6.07, 6.45) is 0. The maximum absolute atomic E-state index is 7.33. The molecular formula is C74H48O2. The Morgan fingerprint density at radius 1 is 0.224 bits per heavy atom. The second kappa shape index (κ2) is 17.4. The SMILES string of the molecule is c1ccc(C2(c3ccccc3)c3ccccc3Oc3c(-c4cccc5c(-c6cccc7ccccc67)c6cccc(-c7cccc8c7Oc7ccccc7C8(c7ccccc7)c7ccccc7)c6cc45)cccc32)cc1.